The van der Waals surface area contributed by atoms with Gasteiger partial charge in [-0.2, -0.15) is 0 Å². The van der Waals surface area contributed by atoms with Crippen LogP contribution in [0.25, 0.3) is 22.3 Å². The van der Waals surface area contributed by atoms with Gasteiger partial charge in [-0.3, -0.25) is 9.69 Å². The van der Waals surface area contributed by atoms with Gasteiger partial charge in [0.15, 0.2) is 8.32 Å². The molecule has 1 aliphatic rings. The van der Waals surface area contributed by atoms with Crippen LogP contribution in [0.3, 0.4) is 0 Å². The number of nitrogens with one attached hydrogen (secondary N) is 1. The van der Waals surface area contributed by atoms with Crippen LogP contribution in [0.1, 0.15) is 37.5 Å². The molecule has 39 heavy (non-hydrogen) atoms. The van der Waals surface area contributed by atoms with Crippen LogP contribution >= 0.6 is 0 Å². The van der Waals surface area contributed by atoms with Crippen molar-refractivity contribution in [2.75, 3.05) is 46.4 Å². The molecular formula is C31H46N4O3Si. The normalized spacial score (nSPS) is 15.7. The summed E-state index contributed by atoms with van der Waals surface area (Å²) in [5, 5.41) is 0.636. The summed E-state index contributed by atoms with van der Waals surface area (Å²) in [5.41, 5.74) is 4.94. The second-order valence-corrected chi connectivity index (χ2v) is 17.1. The van der Waals surface area contributed by atoms with E-state index < -0.39 is 8.32 Å². The number of H-pyrrole nitrogens is 1. The Balaban J connectivity index is 1.45. The molecule has 1 N–H and O–H groups in total. The molecule has 4 rings (SSSR count). The van der Waals surface area contributed by atoms with Gasteiger partial charge in [-0.05, 0) is 86.4 Å². The lowest BCUT2D eigenvalue weighted by Crippen LogP contribution is -2.43. The van der Waals surface area contributed by atoms with Crippen molar-refractivity contribution < 1.29 is 9.16 Å². The van der Waals surface area contributed by atoms with E-state index in [-0.39, 0.29) is 11.0 Å². The Morgan fingerprint density at radius 1 is 1.00 bits per heavy atom. The van der Waals surface area contributed by atoms with Crippen molar-refractivity contribution in [2.24, 2.45) is 5.41 Å². The van der Waals surface area contributed by atoms with E-state index in [1.165, 1.54) is 0 Å². The molecule has 0 unspecified atom stereocenters. The summed E-state index contributed by atoms with van der Waals surface area (Å²) in [6.45, 7) is 21.6. The van der Waals surface area contributed by atoms with Crippen LogP contribution in [0.5, 0.6) is 5.75 Å². The van der Waals surface area contributed by atoms with E-state index >= 15 is 0 Å². The van der Waals surface area contributed by atoms with Crippen molar-refractivity contribution in [1.82, 2.24) is 19.8 Å². The number of hydrogen-bond donors (Lipinski definition) is 1. The molecule has 0 amide bonds. The number of benzene rings is 2. The smallest absolute Gasteiger partial charge is 0.259 e. The first-order valence-electron chi connectivity index (χ1n) is 14.1. The van der Waals surface area contributed by atoms with Crippen molar-refractivity contribution in [2.45, 2.75) is 60.3 Å². The molecule has 3 aromatic rings. The third-order valence-electron chi connectivity index (χ3n) is 7.28. The largest absolute Gasteiger partial charge is 0.491 e. The van der Waals surface area contributed by atoms with Crippen LogP contribution in [0, 0.1) is 19.3 Å². The predicted molar refractivity (Wildman–Crippen MR) is 163 cm³/mol. The third-order valence-corrected chi connectivity index (χ3v) is 10.2. The summed E-state index contributed by atoms with van der Waals surface area (Å²) >= 11 is 0. The maximum atomic E-state index is 13.1. The molecule has 0 spiro atoms. The first-order chi connectivity index (χ1) is 18.3. The molecule has 7 nitrogen and oxygen atoms in total. The highest BCUT2D eigenvalue weighted by Crippen LogP contribution is 2.30. The second kappa shape index (κ2) is 11.9. The molecule has 0 bridgehead atoms. The van der Waals surface area contributed by atoms with Crippen LogP contribution in [0.2, 0.25) is 19.1 Å². The Morgan fingerprint density at radius 2 is 1.67 bits per heavy atom. The Hall–Kier alpha value is -2.52. The highest BCUT2D eigenvalue weighted by Gasteiger charge is 2.29. The van der Waals surface area contributed by atoms with Crippen LogP contribution in [-0.2, 0) is 11.0 Å². The van der Waals surface area contributed by atoms with Crippen molar-refractivity contribution in [3.05, 3.63) is 57.4 Å². The number of ether oxygens (including phenoxy) is 1. The molecule has 8 heteroatoms. The van der Waals surface area contributed by atoms with E-state index in [1.807, 2.05) is 38.1 Å². The number of rotatable bonds is 9. The fourth-order valence-electron chi connectivity index (χ4n) is 5.79. The maximum Gasteiger partial charge on any atom is 0.259 e. The molecular weight excluding hydrogens is 504 g/mol. The van der Waals surface area contributed by atoms with Gasteiger partial charge in [-0.1, -0.05) is 26.8 Å². The minimum atomic E-state index is -1.73. The summed E-state index contributed by atoms with van der Waals surface area (Å²) in [7, 11) is 0.430. The van der Waals surface area contributed by atoms with Gasteiger partial charge in [0.25, 0.3) is 5.56 Å². The number of aryl methyl sites for hydroxylation is 2. The van der Waals surface area contributed by atoms with E-state index in [0.717, 1.165) is 66.8 Å². The quantitative estimate of drug-likeness (QED) is 0.276. The number of hydrogen-bond acceptors (Lipinski definition) is 6. The standard InChI is InChI=1S/C31H46N4O3Si/c1-22-17-25(18-23(2)28(22)37-15-16-38-39(7,8)21-31(3,4)5)29-32-27-10-9-24(19-26(27)30(36)33-29)20-35-13-11-34(6)12-14-35/h9-10,17-19H,11-16,20-21H2,1-8H3,(H,32,33,36). The zero-order chi connectivity index (χ0) is 28.4. The first kappa shape index (κ1) is 29.5. The van der Waals surface area contributed by atoms with E-state index in [9.17, 15) is 4.79 Å². The fourth-order valence-corrected chi connectivity index (χ4v) is 9.08. The molecule has 0 saturated carbocycles. The van der Waals surface area contributed by atoms with Gasteiger partial charge in [-0.25, -0.2) is 4.98 Å². The van der Waals surface area contributed by atoms with E-state index in [0.29, 0.717) is 29.9 Å². The maximum absolute atomic E-state index is 13.1. The van der Waals surface area contributed by atoms with Gasteiger partial charge in [0.1, 0.15) is 18.2 Å². The number of aromatic amines is 1. The molecule has 1 fully saturated rings. The Bertz CT molecular complexity index is 1330. The molecule has 2 heterocycles. The Labute approximate surface area is 234 Å². The average Bonchev–Trinajstić information content (AvgIpc) is 2.83. The molecule has 1 saturated heterocycles. The number of fused-ring (bicyclic) bond motifs is 1. The number of nitrogens with zero attached hydrogens (tertiary/aromatic N) is 3. The van der Waals surface area contributed by atoms with Crippen molar-refractivity contribution in [1.29, 1.82) is 0 Å². The van der Waals surface area contributed by atoms with Gasteiger partial charge < -0.3 is 19.0 Å². The number of piperazine rings is 1. The minimum Gasteiger partial charge on any atom is -0.491 e. The zero-order valence-electron chi connectivity index (χ0n) is 25.1. The molecule has 1 aliphatic heterocycles. The zero-order valence-corrected chi connectivity index (χ0v) is 26.1. The van der Waals surface area contributed by atoms with Crippen LogP contribution in [-0.4, -0.2) is 74.5 Å². The average molecular weight is 551 g/mol. The third kappa shape index (κ3) is 8.00. The SMILES string of the molecule is Cc1cc(-c2nc3ccc(CN4CCN(C)CC4)cc3c(=O)[nH]2)cc(C)c1OCCO[Si](C)(C)CC(C)(C)C. The molecule has 212 valence electrons. The lowest BCUT2D eigenvalue weighted by atomic mass is 10.0. The Morgan fingerprint density at radius 3 is 2.31 bits per heavy atom. The molecule has 2 aromatic carbocycles. The number of aromatic nitrogens is 2. The monoisotopic (exact) mass is 550 g/mol. The van der Waals surface area contributed by atoms with Gasteiger partial charge in [-0.15, -0.1) is 0 Å². The summed E-state index contributed by atoms with van der Waals surface area (Å²) in [6, 6.07) is 11.2. The fraction of sp³-hybridized carbons (Fsp3) is 0.548. The van der Waals surface area contributed by atoms with E-state index in [2.05, 4.69) is 61.8 Å². The first-order valence-corrected chi connectivity index (χ1v) is 17.2. The topological polar surface area (TPSA) is 70.7 Å². The van der Waals surface area contributed by atoms with Crippen molar-refractivity contribution in [3.63, 3.8) is 0 Å². The summed E-state index contributed by atoms with van der Waals surface area (Å²) in [4.78, 5) is 25.7. The van der Waals surface area contributed by atoms with Crippen LogP contribution in [0.15, 0.2) is 35.1 Å². The van der Waals surface area contributed by atoms with Gasteiger partial charge >= 0.3 is 0 Å². The van der Waals surface area contributed by atoms with Crippen LogP contribution in [0.4, 0.5) is 0 Å². The van der Waals surface area contributed by atoms with Gasteiger partial charge in [0.05, 0.1) is 17.5 Å². The minimum absolute atomic E-state index is 0.106. The Kier molecular flexibility index (Phi) is 9.00. The van der Waals surface area contributed by atoms with Gasteiger partial charge in [0, 0.05) is 38.3 Å². The lowest BCUT2D eigenvalue weighted by Gasteiger charge is -2.32. The van der Waals surface area contributed by atoms with Gasteiger partial charge in [0.2, 0.25) is 0 Å². The predicted octanol–water partition coefficient (Wildman–Crippen LogP) is 5.60. The summed E-state index contributed by atoms with van der Waals surface area (Å²) < 4.78 is 12.4. The highest BCUT2D eigenvalue weighted by atomic mass is 28.4. The molecule has 0 aliphatic carbocycles. The number of likely N-dealkylation sites (N-methyl/N-ethyl adjacent to an activating group) is 1. The van der Waals surface area contributed by atoms with Crippen molar-refractivity contribution >= 4 is 19.2 Å². The molecule has 0 radical (unpaired) electrons. The van der Waals surface area contributed by atoms with E-state index in [1.54, 1.807) is 0 Å². The summed E-state index contributed by atoms with van der Waals surface area (Å²) in [5.74, 6) is 1.45. The molecule has 0 atom stereocenters. The van der Waals surface area contributed by atoms with Crippen molar-refractivity contribution in [3.8, 4) is 17.1 Å². The van der Waals surface area contributed by atoms with Crippen LogP contribution < -0.4 is 10.3 Å². The molecule has 1 aromatic heterocycles. The summed E-state index contributed by atoms with van der Waals surface area (Å²) in [6.07, 6.45) is 0. The highest BCUT2D eigenvalue weighted by molar-refractivity contribution is 6.71. The lowest BCUT2D eigenvalue weighted by molar-refractivity contribution is 0.148. The second-order valence-electron chi connectivity index (χ2n) is 13.0. The van der Waals surface area contributed by atoms with E-state index in [4.69, 9.17) is 14.1 Å².